The molecule has 2 N–H and O–H groups in total. The number of nitrogens with one attached hydrogen (secondary N) is 2. The van der Waals surface area contributed by atoms with Gasteiger partial charge in [0.2, 0.25) is 0 Å². The van der Waals surface area contributed by atoms with Crippen LogP contribution in [0.15, 0.2) is 42.5 Å². The van der Waals surface area contributed by atoms with Crippen molar-refractivity contribution in [2.45, 2.75) is 39.7 Å². The van der Waals surface area contributed by atoms with Gasteiger partial charge in [-0.1, -0.05) is 30.7 Å². The van der Waals surface area contributed by atoms with Crippen LogP contribution in [0.2, 0.25) is 0 Å². The summed E-state index contributed by atoms with van der Waals surface area (Å²) < 4.78 is 0. The Kier molecular flexibility index (Phi) is 6.05. The third kappa shape index (κ3) is 5.03. The van der Waals surface area contributed by atoms with E-state index in [2.05, 4.69) is 65.8 Å². The maximum absolute atomic E-state index is 5.45. The van der Waals surface area contributed by atoms with Crippen LogP contribution in [0.25, 0.3) is 0 Å². The van der Waals surface area contributed by atoms with E-state index in [-0.39, 0.29) is 0 Å². The zero-order chi connectivity index (χ0) is 17.6. The van der Waals surface area contributed by atoms with Crippen LogP contribution >= 0.6 is 12.2 Å². The molecule has 0 spiro atoms. The summed E-state index contributed by atoms with van der Waals surface area (Å²) in [6.07, 6.45) is 4.04. The molecule has 0 bridgehead atoms. The standard InChI is InChI=1S/C21H27N3S/c1-16-7-6-8-20(17(16)2)23-21(25)22-19-11-9-18(10-12-19)15-24-13-4-3-5-14-24/h6-12H,3-5,13-15H2,1-2H3,(H2,22,23,25). The average Bonchev–Trinajstić information content (AvgIpc) is 2.62. The van der Waals surface area contributed by atoms with E-state index in [1.54, 1.807) is 0 Å². The fraction of sp³-hybridized carbons (Fsp3) is 0.381. The lowest BCUT2D eigenvalue weighted by Gasteiger charge is -2.26. The van der Waals surface area contributed by atoms with Crippen LogP contribution in [-0.2, 0) is 6.54 Å². The number of nitrogens with zero attached hydrogens (tertiary/aromatic N) is 1. The normalized spacial score (nSPS) is 15.0. The molecule has 0 aliphatic carbocycles. The zero-order valence-electron chi connectivity index (χ0n) is 15.1. The Morgan fingerprint density at radius 2 is 1.68 bits per heavy atom. The molecule has 0 saturated carbocycles. The van der Waals surface area contributed by atoms with E-state index >= 15 is 0 Å². The van der Waals surface area contributed by atoms with Gasteiger partial charge in [0.25, 0.3) is 0 Å². The minimum Gasteiger partial charge on any atom is -0.332 e. The molecular weight excluding hydrogens is 326 g/mol. The van der Waals surface area contributed by atoms with Crippen LogP contribution in [0.4, 0.5) is 11.4 Å². The Morgan fingerprint density at radius 3 is 2.40 bits per heavy atom. The van der Waals surface area contributed by atoms with Crippen LogP contribution in [0.1, 0.15) is 36.0 Å². The fourth-order valence-corrected chi connectivity index (χ4v) is 3.47. The van der Waals surface area contributed by atoms with Crippen LogP contribution in [0, 0.1) is 13.8 Å². The number of hydrogen-bond acceptors (Lipinski definition) is 2. The molecule has 3 nitrogen and oxygen atoms in total. The highest BCUT2D eigenvalue weighted by Gasteiger charge is 2.10. The van der Waals surface area contributed by atoms with Gasteiger partial charge in [0, 0.05) is 17.9 Å². The summed E-state index contributed by atoms with van der Waals surface area (Å²) in [5, 5.41) is 7.19. The van der Waals surface area contributed by atoms with Gasteiger partial charge in [-0.3, -0.25) is 4.90 Å². The van der Waals surface area contributed by atoms with Gasteiger partial charge < -0.3 is 10.6 Å². The van der Waals surface area contributed by atoms with Crippen LogP contribution in [0.3, 0.4) is 0 Å². The van der Waals surface area contributed by atoms with Crippen molar-refractivity contribution in [2.24, 2.45) is 0 Å². The number of benzene rings is 2. The van der Waals surface area contributed by atoms with Crippen LogP contribution in [0.5, 0.6) is 0 Å². The monoisotopic (exact) mass is 353 g/mol. The molecule has 1 saturated heterocycles. The second-order valence-electron chi connectivity index (χ2n) is 6.86. The molecule has 2 aromatic rings. The lowest BCUT2D eigenvalue weighted by molar-refractivity contribution is 0.221. The zero-order valence-corrected chi connectivity index (χ0v) is 16.0. The van der Waals surface area contributed by atoms with Crippen molar-refractivity contribution in [3.05, 3.63) is 59.2 Å². The second kappa shape index (κ2) is 8.45. The molecule has 0 aromatic heterocycles. The molecule has 132 valence electrons. The van der Waals surface area contributed by atoms with Gasteiger partial charge in [-0.05, 0) is 86.9 Å². The lowest BCUT2D eigenvalue weighted by atomic mass is 10.1. The molecule has 1 heterocycles. The van der Waals surface area contributed by atoms with Crippen molar-refractivity contribution in [1.82, 2.24) is 4.90 Å². The smallest absolute Gasteiger partial charge is 0.175 e. The quantitative estimate of drug-likeness (QED) is 0.748. The van der Waals surface area contributed by atoms with E-state index in [0.717, 1.165) is 17.9 Å². The van der Waals surface area contributed by atoms with Gasteiger partial charge in [0.15, 0.2) is 5.11 Å². The molecule has 0 unspecified atom stereocenters. The molecule has 4 heteroatoms. The summed E-state index contributed by atoms with van der Waals surface area (Å²) in [6, 6.07) is 14.8. The highest BCUT2D eigenvalue weighted by atomic mass is 32.1. The highest BCUT2D eigenvalue weighted by Crippen LogP contribution is 2.19. The molecule has 1 aliphatic rings. The molecule has 1 aliphatic heterocycles. The highest BCUT2D eigenvalue weighted by molar-refractivity contribution is 7.80. The minimum atomic E-state index is 0.623. The number of aryl methyl sites for hydroxylation is 1. The predicted molar refractivity (Wildman–Crippen MR) is 111 cm³/mol. The van der Waals surface area contributed by atoms with Crippen molar-refractivity contribution in [2.75, 3.05) is 23.7 Å². The average molecular weight is 354 g/mol. The first-order valence-electron chi connectivity index (χ1n) is 9.07. The summed E-state index contributed by atoms with van der Waals surface area (Å²) in [7, 11) is 0. The largest absolute Gasteiger partial charge is 0.332 e. The Hall–Kier alpha value is -1.91. The predicted octanol–water partition coefficient (Wildman–Crippen LogP) is 5.10. The van der Waals surface area contributed by atoms with Gasteiger partial charge in [-0.25, -0.2) is 0 Å². The maximum Gasteiger partial charge on any atom is 0.175 e. The number of piperidine rings is 1. The summed E-state index contributed by atoms with van der Waals surface area (Å²) in [5.74, 6) is 0. The van der Waals surface area contributed by atoms with Crippen molar-refractivity contribution in [3.8, 4) is 0 Å². The lowest BCUT2D eigenvalue weighted by Crippen LogP contribution is -2.29. The van der Waals surface area contributed by atoms with Gasteiger partial charge >= 0.3 is 0 Å². The molecular formula is C21H27N3S. The number of thiocarbonyl (C=S) groups is 1. The van der Waals surface area contributed by atoms with E-state index in [1.807, 2.05) is 6.07 Å². The van der Waals surface area contributed by atoms with Gasteiger partial charge in [-0.15, -0.1) is 0 Å². The SMILES string of the molecule is Cc1cccc(NC(=S)Nc2ccc(CN3CCCCC3)cc2)c1C. The molecule has 1 fully saturated rings. The van der Waals surface area contributed by atoms with Gasteiger partial charge in [0.1, 0.15) is 0 Å². The van der Waals surface area contributed by atoms with E-state index in [9.17, 15) is 0 Å². The molecule has 25 heavy (non-hydrogen) atoms. The van der Waals surface area contributed by atoms with E-state index in [4.69, 9.17) is 12.2 Å². The summed E-state index contributed by atoms with van der Waals surface area (Å²) in [4.78, 5) is 2.54. The number of rotatable bonds is 4. The summed E-state index contributed by atoms with van der Waals surface area (Å²) in [6.45, 7) is 7.72. The Bertz CT molecular complexity index is 718. The topological polar surface area (TPSA) is 27.3 Å². The van der Waals surface area contributed by atoms with Crippen molar-refractivity contribution < 1.29 is 0 Å². The number of likely N-dealkylation sites (tertiary alicyclic amines) is 1. The van der Waals surface area contributed by atoms with Crippen LogP contribution < -0.4 is 10.6 Å². The first-order valence-corrected chi connectivity index (χ1v) is 9.48. The summed E-state index contributed by atoms with van der Waals surface area (Å²) >= 11 is 5.45. The van der Waals surface area contributed by atoms with Crippen LogP contribution in [-0.4, -0.2) is 23.1 Å². The minimum absolute atomic E-state index is 0.623. The van der Waals surface area contributed by atoms with E-state index in [1.165, 1.54) is 49.0 Å². The Morgan fingerprint density at radius 1 is 0.960 bits per heavy atom. The van der Waals surface area contributed by atoms with Crippen molar-refractivity contribution in [3.63, 3.8) is 0 Å². The molecule has 0 atom stereocenters. The number of anilines is 2. The Balaban J connectivity index is 1.55. The first-order chi connectivity index (χ1) is 12.1. The molecule has 2 aromatic carbocycles. The fourth-order valence-electron chi connectivity index (χ4n) is 3.24. The van der Waals surface area contributed by atoms with Crippen molar-refractivity contribution >= 4 is 28.7 Å². The van der Waals surface area contributed by atoms with Gasteiger partial charge in [-0.2, -0.15) is 0 Å². The summed E-state index contributed by atoms with van der Waals surface area (Å²) in [5.41, 5.74) is 5.92. The number of hydrogen-bond donors (Lipinski definition) is 2. The Labute approximate surface area is 156 Å². The van der Waals surface area contributed by atoms with Gasteiger partial charge in [0.05, 0.1) is 0 Å². The van der Waals surface area contributed by atoms with E-state index < -0.39 is 0 Å². The molecule has 0 amide bonds. The van der Waals surface area contributed by atoms with Crippen molar-refractivity contribution in [1.29, 1.82) is 0 Å². The maximum atomic E-state index is 5.45. The van der Waals surface area contributed by atoms with E-state index in [0.29, 0.717) is 5.11 Å². The third-order valence-corrected chi connectivity index (χ3v) is 5.12. The second-order valence-corrected chi connectivity index (χ2v) is 7.27. The third-order valence-electron chi connectivity index (χ3n) is 4.92. The first kappa shape index (κ1) is 17.9. The molecule has 0 radical (unpaired) electrons. The molecule has 3 rings (SSSR count).